The number of aryl methyl sites for hydroxylation is 2. The molecule has 0 atom stereocenters. The minimum absolute atomic E-state index is 0.0924. The third kappa shape index (κ3) is 3.13. The second-order valence-electron chi connectivity index (χ2n) is 5.75. The van der Waals surface area contributed by atoms with E-state index in [4.69, 9.17) is 23.2 Å². The van der Waals surface area contributed by atoms with Crippen LogP contribution in [-0.2, 0) is 6.54 Å². The van der Waals surface area contributed by atoms with Gasteiger partial charge < -0.3 is 9.88 Å². The second kappa shape index (κ2) is 6.97. The van der Waals surface area contributed by atoms with Crippen molar-refractivity contribution >= 4 is 51.4 Å². The van der Waals surface area contributed by atoms with Crippen LogP contribution in [0.1, 0.15) is 23.0 Å². The van der Waals surface area contributed by atoms with Crippen molar-refractivity contribution in [2.24, 2.45) is 0 Å². The number of benzene rings is 2. The first-order chi connectivity index (χ1) is 12.3. The fourth-order valence-electron chi connectivity index (χ4n) is 3.06. The van der Waals surface area contributed by atoms with Crippen LogP contribution in [0.15, 0.2) is 36.4 Å². The Morgan fingerprint density at radius 2 is 1.85 bits per heavy atom. The van der Waals surface area contributed by atoms with E-state index in [9.17, 15) is 14.9 Å². The summed E-state index contributed by atoms with van der Waals surface area (Å²) in [5.41, 5.74) is 1.91. The summed E-state index contributed by atoms with van der Waals surface area (Å²) in [5, 5.41) is 15.5. The molecule has 0 spiro atoms. The summed E-state index contributed by atoms with van der Waals surface area (Å²) in [4.78, 5) is 23.6. The number of fused-ring (bicyclic) bond motifs is 1. The molecule has 134 valence electrons. The molecule has 0 saturated carbocycles. The highest BCUT2D eigenvalue weighted by Gasteiger charge is 2.23. The number of hydrogen-bond donors (Lipinski definition) is 1. The van der Waals surface area contributed by atoms with E-state index < -0.39 is 10.8 Å². The lowest BCUT2D eigenvalue weighted by Gasteiger charge is -2.10. The zero-order chi connectivity index (χ0) is 19.0. The lowest BCUT2D eigenvalue weighted by molar-refractivity contribution is -0.383. The maximum Gasteiger partial charge on any atom is 0.294 e. The van der Waals surface area contributed by atoms with Crippen LogP contribution in [0.2, 0.25) is 10.0 Å². The molecule has 0 aliphatic heterocycles. The molecule has 8 heteroatoms. The van der Waals surface area contributed by atoms with Crippen molar-refractivity contribution in [1.82, 2.24) is 4.57 Å². The first-order valence-corrected chi connectivity index (χ1v) is 8.62. The largest absolute Gasteiger partial charge is 0.337 e. The number of carbonyl (C=O) groups excluding carboxylic acids is 1. The molecule has 1 amide bonds. The van der Waals surface area contributed by atoms with Gasteiger partial charge in [-0.05, 0) is 49.7 Å². The molecule has 0 aliphatic carbocycles. The van der Waals surface area contributed by atoms with Crippen molar-refractivity contribution in [2.75, 3.05) is 5.32 Å². The van der Waals surface area contributed by atoms with Crippen molar-refractivity contribution in [3.05, 3.63) is 67.8 Å². The number of rotatable bonds is 4. The Morgan fingerprint density at radius 1 is 1.19 bits per heavy atom. The normalized spacial score (nSPS) is 10.9. The standard InChI is InChI=1S/C18H15Cl2N3O3/c1-3-22-15-7-5-11(19)8-13(15)10(2)17(22)18(24)21-14-6-4-12(20)9-16(14)23(25)26/h4-9H,3H2,1-2H3,(H,21,24). The Labute approximate surface area is 159 Å². The van der Waals surface area contributed by atoms with E-state index in [-0.39, 0.29) is 16.4 Å². The number of nitro benzene ring substituents is 1. The van der Waals surface area contributed by atoms with Crippen molar-refractivity contribution in [3.63, 3.8) is 0 Å². The quantitative estimate of drug-likeness (QED) is 0.475. The maximum absolute atomic E-state index is 12.9. The molecule has 0 bridgehead atoms. The van der Waals surface area contributed by atoms with E-state index in [0.717, 1.165) is 16.5 Å². The van der Waals surface area contributed by atoms with Crippen LogP contribution in [-0.4, -0.2) is 15.4 Å². The van der Waals surface area contributed by atoms with Crippen LogP contribution in [0.3, 0.4) is 0 Å². The van der Waals surface area contributed by atoms with Crippen molar-refractivity contribution in [3.8, 4) is 0 Å². The molecule has 1 aromatic heterocycles. The Morgan fingerprint density at radius 3 is 2.50 bits per heavy atom. The van der Waals surface area contributed by atoms with Crippen molar-refractivity contribution < 1.29 is 9.72 Å². The summed E-state index contributed by atoms with van der Waals surface area (Å²) in [7, 11) is 0. The first-order valence-electron chi connectivity index (χ1n) is 7.87. The zero-order valence-electron chi connectivity index (χ0n) is 14.0. The van der Waals surface area contributed by atoms with Gasteiger partial charge in [0.2, 0.25) is 0 Å². The highest BCUT2D eigenvalue weighted by molar-refractivity contribution is 6.31. The molecule has 0 aliphatic rings. The summed E-state index contributed by atoms with van der Waals surface area (Å²) < 4.78 is 1.86. The van der Waals surface area contributed by atoms with Gasteiger partial charge in [0.15, 0.2) is 0 Å². The van der Waals surface area contributed by atoms with E-state index in [1.165, 1.54) is 18.2 Å². The predicted octanol–water partition coefficient (Wildman–Crippen LogP) is 5.44. The van der Waals surface area contributed by atoms with Gasteiger partial charge in [-0.15, -0.1) is 0 Å². The zero-order valence-corrected chi connectivity index (χ0v) is 15.6. The lowest BCUT2D eigenvalue weighted by Crippen LogP contribution is -2.18. The molecule has 0 unspecified atom stereocenters. The topological polar surface area (TPSA) is 77.2 Å². The molecular formula is C18H15Cl2N3O3. The third-order valence-electron chi connectivity index (χ3n) is 4.21. The molecule has 3 rings (SSSR count). The Hall–Kier alpha value is -2.57. The first kappa shape index (κ1) is 18.2. The minimum atomic E-state index is -0.580. The summed E-state index contributed by atoms with van der Waals surface area (Å²) in [6.45, 7) is 4.32. The van der Waals surface area contributed by atoms with E-state index in [0.29, 0.717) is 17.3 Å². The van der Waals surface area contributed by atoms with Gasteiger partial charge in [0.1, 0.15) is 11.4 Å². The fourth-order valence-corrected chi connectivity index (χ4v) is 3.40. The number of hydrogen-bond acceptors (Lipinski definition) is 3. The summed E-state index contributed by atoms with van der Waals surface area (Å²) in [6, 6.07) is 9.55. The van der Waals surface area contributed by atoms with E-state index in [2.05, 4.69) is 5.32 Å². The number of amides is 1. The predicted molar refractivity (Wildman–Crippen MR) is 103 cm³/mol. The molecule has 2 aromatic carbocycles. The van der Waals surface area contributed by atoms with Crippen LogP contribution < -0.4 is 5.32 Å². The van der Waals surface area contributed by atoms with Gasteiger partial charge in [-0.1, -0.05) is 23.2 Å². The van der Waals surface area contributed by atoms with Crippen molar-refractivity contribution in [2.45, 2.75) is 20.4 Å². The third-order valence-corrected chi connectivity index (χ3v) is 4.68. The molecule has 6 nitrogen and oxygen atoms in total. The van der Waals surface area contributed by atoms with Gasteiger partial charge >= 0.3 is 0 Å². The average Bonchev–Trinajstić information content (AvgIpc) is 2.88. The number of halogens is 2. The molecule has 3 aromatic rings. The van der Waals surface area contributed by atoms with E-state index in [1.54, 1.807) is 12.1 Å². The number of anilines is 1. The molecule has 0 fully saturated rings. The Bertz CT molecular complexity index is 1040. The Kier molecular flexibility index (Phi) is 4.89. The van der Waals surface area contributed by atoms with Crippen molar-refractivity contribution in [1.29, 1.82) is 0 Å². The lowest BCUT2D eigenvalue weighted by atomic mass is 10.1. The van der Waals surface area contributed by atoms with Gasteiger partial charge in [-0.25, -0.2) is 0 Å². The molecule has 1 heterocycles. The van der Waals surface area contributed by atoms with Crippen LogP contribution >= 0.6 is 23.2 Å². The number of carbonyl (C=O) groups is 1. The van der Waals surface area contributed by atoms with E-state index >= 15 is 0 Å². The van der Waals surface area contributed by atoms with E-state index in [1.807, 2.05) is 24.5 Å². The molecule has 26 heavy (non-hydrogen) atoms. The summed E-state index contributed by atoms with van der Waals surface area (Å²) >= 11 is 11.9. The highest BCUT2D eigenvalue weighted by Crippen LogP contribution is 2.31. The molecule has 0 saturated heterocycles. The second-order valence-corrected chi connectivity index (χ2v) is 6.62. The fraction of sp³-hybridized carbons (Fsp3) is 0.167. The number of nitrogens with one attached hydrogen (secondary N) is 1. The van der Waals surface area contributed by atoms with Gasteiger partial charge in [0.25, 0.3) is 11.6 Å². The number of nitro groups is 1. The SMILES string of the molecule is CCn1c(C(=O)Nc2ccc(Cl)cc2[N+](=O)[O-])c(C)c2cc(Cl)ccc21. The van der Waals surface area contributed by atoms with Crippen LogP contribution in [0.4, 0.5) is 11.4 Å². The maximum atomic E-state index is 12.9. The van der Waals surface area contributed by atoms with Gasteiger partial charge in [0.05, 0.1) is 4.92 Å². The highest BCUT2D eigenvalue weighted by atomic mass is 35.5. The number of nitrogens with zero attached hydrogens (tertiary/aromatic N) is 2. The summed E-state index contributed by atoms with van der Waals surface area (Å²) in [5.74, 6) is -0.429. The van der Waals surface area contributed by atoms with Gasteiger partial charge in [0, 0.05) is 33.6 Å². The van der Waals surface area contributed by atoms with Gasteiger partial charge in [-0.3, -0.25) is 14.9 Å². The molecular weight excluding hydrogens is 377 g/mol. The van der Waals surface area contributed by atoms with Crippen LogP contribution in [0.5, 0.6) is 0 Å². The number of aromatic nitrogens is 1. The average molecular weight is 392 g/mol. The monoisotopic (exact) mass is 391 g/mol. The molecule has 0 radical (unpaired) electrons. The minimum Gasteiger partial charge on any atom is -0.337 e. The smallest absolute Gasteiger partial charge is 0.294 e. The molecule has 1 N–H and O–H groups in total. The van der Waals surface area contributed by atoms with Crippen LogP contribution in [0.25, 0.3) is 10.9 Å². The summed E-state index contributed by atoms with van der Waals surface area (Å²) in [6.07, 6.45) is 0. The van der Waals surface area contributed by atoms with Crippen LogP contribution in [0, 0.1) is 17.0 Å². The van der Waals surface area contributed by atoms with Gasteiger partial charge in [-0.2, -0.15) is 0 Å². The Balaban J connectivity index is 2.09.